The van der Waals surface area contributed by atoms with E-state index in [4.69, 9.17) is 0 Å². The zero-order valence-corrected chi connectivity index (χ0v) is 44.9. The topological polar surface area (TPSA) is 9.23 Å². The molecule has 0 bridgehead atoms. The van der Waals surface area contributed by atoms with Gasteiger partial charge in [-0.25, -0.2) is 13.2 Å². The molecular formula is C66H93F5O. The number of hydrogen-bond acceptors (Lipinski definition) is 1. The first kappa shape index (κ1) is 56.3. The van der Waals surface area contributed by atoms with Crippen molar-refractivity contribution in [1.82, 2.24) is 0 Å². The quantitative estimate of drug-likeness (QED) is 0.0888. The Hall–Kier alpha value is -3.41. The summed E-state index contributed by atoms with van der Waals surface area (Å²) in [7, 11) is 0. The average Bonchev–Trinajstić information content (AvgIpc) is 3.41. The minimum absolute atomic E-state index is 0.332. The summed E-state index contributed by atoms with van der Waals surface area (Å²) in [6.45, 7) is 14.4. The molecule has 398 valence electrons. The molecule has 0 aromatic heterocycles. The molecule has 0 unspecified atom stereocenters. The predicted octanol–water partition coefficient (Wildman–Crippen LogP) is 20.8. The van der Waals surface area contributed by atoms with Gasteiger partial charge in [0, 0.05) is 12.1 Å². The van der Waals surface area contributed by atoms with Gasteiger partial charge in [0.15, 0.2) is 17.5 Å². The fourth-order valence-electron chi connectivity index (χ4n) is 14.8. The highest BCUT2D eigenvalue weighted by Crippen LogP contribution is 2.48. The van der Waals surface area contributed by atoms with Crippen molar-refractivity contribution in [3.63, 3.8) is 0 Å². The van der Waals surface area contributed by atoms with E-state index in [9.17, 15) is 22.0 Å². The number of rotatable bonds is 14. The van der Waals surface area contributed by atoms with Crippen LogP contribution in [0.15, 0.2) is 86.0 Å². The monoisotopic (exact) mass is 997 g/mol. The lowest BCUT2D eigenvalue weighted by Gasteiger charge is -2.39. The molecule has 0 atom stereocenters. The molecule has 3 aromatic rings. The van der Waals surface area contributed by atoms with E-state index < -0.39 is 35.2 Å². The lowest BCUT2D eigenvalue weighted by molar-refractivity contribution is -0.224. The van der Waals surface area contributed by atoms with E-state index in [1.807, 2.05) is 0 Å². The maximum atomic E-state index is 14.5. The Morgan fingerprint density at radius 2 is 0.861 bits per heavy atom. The lowest BCUT2D eigenvalue weighted by atomic mass is 9.68. The molecule has 6 saturated carbocycles. The smallest absolute Gasteiger partial charge is 0.400 e. The molecule has 6 aliphatic carbocycles. The number of alkyl halides is 2. The standard InChI is InChI=1S/C23H34.C22H29F5O.C21H30/c1-3-4-5-19-8-12-21(13-9-19)23-16-14-22(15-17-23)20-10-6-18(2)7-11-20;1-2-3-14-4-6-15(7-5-14)16-8-10-17(11-9-16)22(26,27)28-18-12-19(23)21(25)20(24)13-18;1-3-17-6-10-19(11-7-17)21-14-12-20(13-15-21)18-8-4-16(2)5-9-18/h3,6-7,10-11,19,21-23H,1,4-5,8-9,12-17H2,2H3;12-17H,2-11H2,1H3;3-5,8-9,17,19-21H,1,6-7,10-15H2,2H3. The van der Waals surface area contributed by atoms with Crippen molar-refractivity contribution in [2.24, 2.45) is 59.2 Å². The molecule has 6 fully saturated rings. The first-order valence-electron chi connectivity index (χ1n) is 29.4. The van der Waals surface area contributed by atoms with Gasteiger partial charge in [-0.3, -0.25) is 0 Å². The molecule has 72 heavy (non-hydrogen) atoms. The maximum Gasteiger partial charge on any atom is 0.400 e. The van der Waals surface area contributed by atoms with E-state index in [2.05, 4.69) is 99.3 Å². The van der Waals surface area contributed by atoms with Crippen LogP contribution in [0.2, 0.25) is 0 Å². The summed E-state index contributed by atoms with van der Waals surface area (Å²) in [6, 6.07) is 19.5. The second-order valence-corrected chi connectivity index (χ2v) is 24.1. The van der Waals surface area contributed by atoms with Gasteiger partial charge in [-0.1, -0.05) is 117 Å². The van der Waals surface area contributed by atoms with Crippen LogP contribution in [-0.2, 0) is 0 Å². The molecule has 1 nitrogen and oxygen atoms in total. The molecule has 6 aliphatic rings. The molecule has 0 amide bonds. The summed E-state index contributed by atoms with van der Waals surface area (Å²) in [4.78, 5) is 0. The van der Waals surface area contributed by atoms with Crippen LogP contribution in [0.25, 0.3) is 0 Å². The first-order chi connectivity index (χ1) is 34.8. The summed E-state index contributed by atoms with van der Waals surface area (Å²) in [5, 5.41) is 0. The average molecular weight is 997 g/mol. The van der Waals surface area contributed by atoms with Crippen LogP contribution in [0.5, 0.6) is 5.75 Å². The van der Waals surface area contributed by atoms with Crippen molar-refractivity contribution in [2.45, 2.75) is 218 Å². The highest BCUT2D eigenvalue weighted by Gasteiger charge is 2.45. The molecular weight excluding hydrogens is 904 g/mol. The highest BCUT2D eigenvalue weighted by atomic mass is 19.3. The SMILES string of the molecule is C=CC1CCC(C2CCC(c3ccc(C)cc3)CC2)CC1.C=CCCC1CCC(C2CCC(c3ccc(C)cc3)CC2)CC1.CCCC1CCC(C2CCC(C(F)(F)Oc3cc(F)c(F)c(F)c3)CC2)CC1. The number of halogens is 5. The van der Waals surface area contributed by atoms with Crippen molar-refractivity contribution >= 4 is 0 Å². The third-order valence-corrected chi connectivity index (χ3v) is 19.5. The number of aryl methyl sites for hydroxylation is 2. The van der Waals surface area contributed by atoms with Crippen molar-refractivity contribution in [3.8, 4) is 5.75 Å². The van der Waals surface area contributed by atoms with Crippen LogP contribution in [-0.4, -0.2) is 6.11 Å². The Balaban J connectivity index is 0.000000160. The van der Waals surface area contributed by atoms with Gasteiger partial charge in [-0.05, 0) is 231 Å². The minimum atomic E-state index is -3.53. The Morgan fingerprint density at radius 1 is 0.500 bits per heavy atom. The second kappa shape index (κ2) is 27.9. The van der Waals surface area contributed by atoms with Crippen molar-refractivity contribution in [1.29, 1.82) is 0 Å². The molecule has 0 spiro atoms. The van der Waals surface area contributed by atoms with E-state index in [1.54, 1.807) is 11.1 Å². The lowest BCUT2D eigenvalue weighted by Crippen LogP contribution is -2.38. The van der Waals surface area contributed by atoms with E-state index in [0.717, 1.165) is 66.1 Å². The van der Waals surface area contributed by atoms with Gasteiger partial charge in [0.1, 0.15) is 5.75 Å². The zero-order valence-electron chi connectivity index (χ0n) is 44.9. The molecule has 0 saturated heterocycles. The molecule has 0 heterocycles. The van der Waals surface area contributed by atoms with Gasteiger partial charge < -0.3 is 4.74 Å². The summed E-state index contributed by atoms with van der Waals surface area (Å²) < 4.78 is 73.1. The van der Waals surface area contributed by atoms with Crippen molar-refractivity contribution in [3.05, 3.63) is 126 Å². The molecule has 3 aromatic carbocycles. The summed E-state index contributed by atoms with van der Waals surface area (Å²) >= 11 is 0. The first-order valence-corrected chi connectivity index (χ1v) is 29.4. The van der Waals surface area contributed by atoms with E-state index in [1.165, 1.54) is 165 Å². The van der Waals surface area contributed by atoms with Gasteiger partial charge in [-0.15, -0.1) is 13.2 Å². The molecule has 0 aliphatic heterocycles. The van der Waals surface area contributed by atoms with Crippen LogP contribution in [0.1, 0.15) is 221 Å². The molecule has 6 heteroatoms. The number of benzene rings is 3. The normalized spacial score (nSPS) is 31.2. The Labute approximate surface area is 434 Å². The van der Waals surface area contributed by atoms with Gasteiger partial charge in [0.2, 0.25) is 0 Å². The van der Waals surface area contributed by atoms with Gasteiger partial charge in [0.05, 0.1) is 5.92 Å². The Kier molecular flexibility index (Phi) is 21.8. The number of allylic oxidation sites excluding steroid dienone is 2. The largest absolute Gasteiger partial charge is 0.432 e. The zero-order chi connectivity index (χ0) is 51.0. The summed E-state index contributed by atoms with van der Waals surface area (Å²) in [5.74, 6) is 3.05. The van der Waals surface area contributed by atoms with Crippen LogP contribution in [0.4, 0.5) is 22.0 Å². The number of ether oxygens (including phenoxy) is 1. The molecule has 0 N–H and O–H groups in total. The Bertz CT molecular complexity index is 2010. The fourth-order valence-corrected chi connectivity index (χ4v) is 14.8. The fraction of sp³-hybridized carbons (Fsp3) is 0.667. The second-order valence-electron chi connectivity index (χ2n) is 24.1. The third-order valence-electron chi connectivity index (χ3n) is 19.5. The van der Waals surface area contributed by atoms with Crippen LogP contribution >= 0.6 is 0 Å². The highest BCUT2D eigenvalue weighted by molar-refractivity contribution is 5.27. The predicted molar refractivity (Wildman–Crippen MR) is 290 cm³/mol. The minimum Gasteiger partial charge on any atom is -0.432 e. The summed E-state index contributed by atoms with van der Waals surface area (Å²) in [5.41, 5.74) is 5.93. The van der Waals surface area contributed by atoms with Crippen LogP contribution in [0, 0.1) is 90.5 Å². The van der Waals surface area contributed by atoms with E-state index in [-0.39, 0.29) is 0 Å². The maximum absolute atomic E-state index is 14.5. The Morgan fingerprint density at radius 3 is 1.24 bits per heavy atom. The van der Waals surface area contributed by atoms with Gasteiger partial charge >= 0.3 is 6.11 Å². The van der Waals surface area contributed by atoms with Crippen LogP contribution in [0.3, 0.4) is 0 Å². The number of hydrogen-bond donors (Lipinski definition) is 0. The van der Waals surface area contributed by atoms with Crippen LogP contribution < -0.4 is 4.74 Å². The van der Waals surface area contributed by atoms with E-state index >= 15 is 0 Å². The molecule has 9 rings (SSSR count). The molecule has 0 radical (unpaired) electrons. The van der Waals surface area contributed by atoms with E-state index in [0.29, 0.717) is 36.8 Å². The van der Waals surface area contributed by atoms with Gasteiger partial charge in [0.25, 0.3) is 0 Å². The third kappa shape index (κ3) is 16.3. The van der Waals surface area contributed by atoms with Crippen molar-refractivity contribution < 1.29 is 26.7 Å². The van der Waals surface area contributed by atoms with Crippen molar-refractivity contribution in [2.75, 3.05) is 0 Å². The van der Waals surface area contributed by atoms with Gasteiger partial charge in [-0.2, -0.15) is 8.78 Å². The summed E-state index contributed by atoms with van der Waals surface area (Å²) in [6.07, 6.45) is 36.1.